The van der Waals surface area contributed by atoms with E-state index < -0.39 is 5.41 Å². The van der Waals surface area contributed by atoms with Gasteiger partial charge in [0.05, 0.1) is 6.54 Å². The molecular weight excluding hydrogens is 278 g/mol. The van der Waals surface area contributed by atoms with E-state index in [9.17, 15) is 9.59 Å². The molecule has 1 aromatic rings. The topological polar surface area (TPSA) is 61.4 Å². The summed E-state index contributed by atoms with van der Waals surface area (Å²) in [6.45, 7) is 6.81. The third kappa shape index (κ3) is 6.72. The van der Waals surface area contributed by atoms with Gasteiger partial charge in [-0.3, -0.25) is 9.59 Å². The summed E-state index contributed by atoms with van der Waals surface area (Å²) in [6.07, 6.45) is 0. The molecule has 22 heavy (non-hydrogen) atoms. The molecule has 2 amide bonds. The monoisotopic (exact) mass is 305 g/mol. The predicted octanol–water partition coefficient (Wildman–Crippen LogP) is 1.53. The fraction of sp³-hybridized carbons (Fsp3) is 0.529. The summed E-state index contributed by atoms with van der Waals surface area (Å²) in [6, 6.07) is 8.13. The second kappa shape index (κ2) is 7.94. The van der Waals surface area contributed by atoms with Crippen molar-refractivity contribution in [3.8, 4) is 0 Å². The Bertz CT molecular complexity index is 502. The summed E-state index contributed by atoms with van der Waals surface area (Å²) in [5, 5.41) is 5.43. The standard InChI is InChI=1S/C17H27N3O2/c1-17(2,3)16(22)19-11-15(21)18-10-13-6-8-14(9-7-13)12-20(4)5/h6-9H,10-12H2,1-5H3,(H,18,21)(H,19,22). The zero-order chi connectivity index (χ0) is 16.8. The molecule has 0 aliphatic rings. The minimum absolute atomic E-state index is 0.00875. The van der Waals surface area contributed by atoms with E-state index in [1.165, 1.54) is 5.56 Å². The van der Waals surface area contributed by atoms with Crippen LogP contribution in [0.5, 0.6) is 0 Å². The van der Waals surface area contributed by atoms with Crippen LogP contribution in [-0.2, 0) is 22.7 Å². The molecule has 0 unspecified atom stereocenters. The molecule has 0 bridgehead atoms. The fourth-order valence-corrected chi connectivity index (χ4v) is 1.82. The Balaban J connectivity index is 2.36. The van der Waals surface area contributed by atoms with E-state index in [0.717, 1.165) is 12.1 Å². The van der Waals surface area contributed by atoms with Crippen molar-refractivity contribution in [2.45, 2.75) is 33.9 Å². The molecule has 0 saturated carbocycles. The number of hydrogen-bond donors (Lipinski definition) is 2. The van der Waals surface area contributed by atoms with E-state index in [2.05, 4.69) is 27.7 Å². The van der Waals surface area contributed by atoms with Crippen molar-refractivity contribution in [3.05, 3.63) is 35.4 Å². The summed E-state index contributed by atoms with van der Waals surface area (Å²) in [5.41, 5.74) is 1.79. The highest BCUT2D eigenvalue weighted by Crippen LogP contribution is 2.11. The third-order valence-corrected chi connectivity index (χ3v) is 3.10. The summed E-state index contributed by atoms with van der Waals surface area (Å²) in [5.74, 6) is -0.314. The quantitative estimate of drug-likeness (QED) is 0.838. The molecule has 1 rings (SSSR count). The fourth-order valence-electron chi connectivity index (χ4n) is 1.82. The van der Waals surface area contributed by atoms with Gasteiger partial charge in [0.15, 0.2) is 0 Å². The van der Waals surface area contributed by atoms with Crippen LogP contribution in [0.2, 0.25) is 0 Å². The normalized spacial score (nSPS) is 11.4. The maximum absolute atomic E-state index is 11.7. The minimum atomic E-state index is -0.484. The highest BCUT2D eigenvalue weighted by atomic mass is 16.2. The van der Waals surface area contributed by atoms with E-state index in [4.69, 9.17) is 0 Å². The Morgan fingerprint density at radius 2 is 1.55 bits per heavy atom. The first-order valence-electron chi connectivity index (χ1n) is 7.46. The van der Waals surface area contributed by atoms with Crippen molar-refractivity contribution in [1.29, 1.82) is 0 Å². The molecule has 0 atom stereocenters. The third-order valence-electron chi connectivity index (χ3n) is 3.10. The number of rotatable bonds is 6. The molecule has 0 radical (unpaired) electrons. The summed E-state index contributed by atoms with van der Waals surface area (Å²) < 4.78 is 0. The smallest absolute Gasteiger partial charge is 0.239 e. The van der Waals surface area contributed by atoms with Gasteiger partial charge in [-0.15, -0.1) is 0 Å². The molecule has 1 aromatic carbocycles. The van der Waals surface area contributed by atoms with Crippen molar-refractivity contribution < 1.29 is 9.59 Å². The van der Waals surface area contributed by atoms with Crippen LogP contribution in [0.4, 0.5) is 0 Å². The average Bonchev–Trinajstić information content (AvgIpc) is 2.42. The minimum Gasteiger partial charge on any atom is -0.350 e. The first-order chi connectivity index (χ1) is 10.2. The second-order valence-corrected chi connectivity index (χ2v) is 6.76. The number of benzene rings is 1. The van der Waals surface area contributed by atoms with E-state index in [1.54, 1.807) is 0 Å². The summed E-state index contributed by atoms with van der Waals surface area (Å²) >= 11 is 0. The van der Waals surface area contributed by atoms with Gasteiger partial charge in [-0.25, -0.2) is 0 Å². The van der Waals surface area contributed by atoms with Gasteiger partial charge < -0.3 is 15.5 Å². The van der Waals surface area contributed by atoms with Crippen LogP contribution in [0.1, 0.15) is 31.9 Å². The maximum Gasteiger partial charge on any atom is 0.239 e. The average molecular weight is 305 g/mol. The molecule has 0 aliphatic heterocycles. The molecule has 122 valence electrons. The molecule has 0 aliphatic carbocycles. The van der Waals surface area contributed by atoms with Gasteiger partial charge in [-0.05, 0) is 25.2 Å². The molecule has 0 aromatic heterocycles. The molecule has 5 heteroatoms. The Morgan fingerprint density at radius 1 is 1.00 bits per heavy atom. The van der Waals surface area contributed by atoms with Crippen molar-refractivity contribution in [2.24, 2.45) is 5.41 Å². The lowest BCUT2D eigenvalue weighted by Crippen LogP contribution is -2.41. The lowest BCUT2D eigenvalue weighted by molar-refractivity contribution is -0.131. The van der Waals surface area contributed by atoms with Crippen molar-refractivity contribution in [1.82, 2.24) is 15.5 Å². The maximum atomic E-state index is 11.7. The van der Waals surface area contributed by atoms with Crippen molar-refractivity contribution in [2.75, 3.05) is 20.6 Å². The molecule has 0 heterocycles. The largest absolute Gasteiger partial charge is 0.350 e. The van der Waals surface area contributed by atoms with Crippen LogP contribution >= 0.6 is 0 Å². The van der Waals surface area contributed by atoms with Crippen molar-refractivity contribution in [3.63, 3.8) is 0 Å². The number of carbonyl (C=O) groups excluding carboxylic acids is 2. The van der Waals surface area contributed by atoms with Crippen LogP contribution in [0.3, 0.4) is 0 Å². The van der Waals surface area contributed by atoms with Gasteiger partial charge in [-0.2, -0.15) is 0 Å². The number of hydrogen-bond acceptors (Lipinski definition) is 3. The highest BCUT2D eigenvalue weighted by Gasteiger charge is 2.21. The molecule has 0 saturated heterocycles. The van der Waals surface area contributed by atoms with E-state index in [-0.39, 0.29) is 18.4 Å². The van der Waals surface area contributed by atoms with Gasteiger partial charge in [0.2, 0.25) is 11.8 Å². The first kappa shape index (κ1) is 18.2. The van der Waals surface area contributed by atoms with Gasteiger partial charge in [-0.1, -0.05) is 45.0 Å². The number of nitrogens with one attached hydrogen (secondary N) is 2. The Hall–Kier alpha value is -1.88. The molecule has 5 nitrogen and oxygen atoms in total. The van der Waals surface area contributed by atoms with Crippen molar-refractivity contribution >= 4 is 11.8 Å². The Morgan fingerprint density at radius 3 is 2.05 bits per heavy atom. The number of carbonyl (C=O) groups is 2. The van der Waals surface area contributed by atoms with Crippen LogP contribution in [0, 0.1) is 5.41 Å². The van der Waals surface area contributed by atoms with Crippen LogP contribution < -0.4 is 10.6 Å². The van der Waals surface area contributed by atoms with Gasteiger partial charge in [0.25, 0.3) is 0 Å². The van der Waals surface area contributed by atoms with Crippen LogP contribution in [0.15, 0.2) is 24.3 Å². The SMILES string of the molecule is CN(C)Cc1ccc(CNC(=O)CNC(=O)C(C)(C)C)cc1. The molecule has 0 fully saturated rings. The van der Waals surface area contributed by atoms with Gasteiger partial charge in [0.1, 0.15) is 0 Å². The Kier molecular flexibility index (Phi) is 6.56. The lowest BCUT2D eigenvalue weighted by atomic mass is 9.96. The van der Waals surface area contributed by atoms with Gasteiger partial charge in [0, 0.05) is 18.5 Å². The molecule has 0 spiro atoms. The number of amides is 2. The predicted molar refractivity (Wildman–Crippen MR) is 88.1 cm³/mol. The molecular formula is C17H27N3O2. The van der Waals surface area contributed by atoms with E-state index in [1.807, 2.05) is 47.0 Å². The Labute approximate surface area is 133 Å². The van der Waals surface area contributed by atoms with Crippen LogP contribution in [-0.4, -0.2) is 37.4 Å². The first-order valence-corrected chi connectivity index (χ1v) is 7.46. The van der Waals surface area contributed by atoms with E-state index >= 15 is 0 Å². The van der Waals surface area contributed by atoms with Gasteiger partial charge >= 0.3 is 0 Å². The van der Waals surface area contributed by atoms with Crippen LogP contribution in [0.25, 0.3) is 0 Å². The number of nitrogens with zero attached hydrogens (tertiary/aromatic N) is 1. The summed E-state index contributed by atoms with van der Waals surface area (Å²) in [4.78, 5) is 25.5. The second-order valence-electron chi connectivity index (χ2n) is 6.76. The summed E-state index contributed by atoms with van der Waals surface area (Å²) in [7, 11) is 4.06. The zero-order valence-corrected chi connectivity index (χ0v) is 14.2. The lowest BCUT2D eigenvalue weighted by Gasteiger charge is -2.17. The van der Waals surface area contributed by atoms with E-state index in [0.29, 0.717) is 6.54 Å². The molecule has 2 N–H and O–H groups in total. The zero-order valence-electron chi connectivity index (χ0n) is 14.2. The highest BCUT2D eigenvalue weighted by molar-refractivity contribution is 5.87.